The van der Waals surface area contributed by atoms with E-state index in [1.807, 2.05) is 0 Å². The van der Waals surface area contributed by atoms with Gasteiger partial charge in [0.15, 0.2) is 0 Å². The Morgan fingerprint density at radius 1 is 1.27 bits per heavy atom. The van der Waals surface area contributed by atoms with Crippen LogP contribution in [-0.2, 0) is 10.0 Å². The van der Waals surface area contributed by atoms with Crippen molar-refractivity contribution < 1.29 is 21.6 Å². The molecule has 0 aliphatic rings. The summed E-state index contributed by atoms with van der Waals surface area (Å²) in [6, 6.07) is 0. The minimum Gasteiger partial charge on any atom is -0.330 e. The van der Waals surface area contributed by atoms with E-state index in [9.17, 15) is 21.6 Å². The van der Waals surface area contributed by atoms with E-state index in [-0.39, 0.29) is 17.4 Å². The van der Waals surface area contributed by atoms with E-state index in [4.69, 9.17) is 5.73 Å². The van der Waals surface area contributed by atoms with E-state index < -0.39 is 20.9 Å². The van der Waals surface area contributed by atoms with Gasteiger partial charge in [-0.05, 0) is 12.0 Å². The molecule has 0 spiro atoms. The Morgan fingerprint density at radius 2 is 1.67 bits per heavy atom. The van der Waals surface area contributed by atoms with Gasteiger partial charge in [0.2, 0.25) is 0 Å². The number of rotatable bonds is 4. The molecule has 0 saturated heterocycles. The maximum Gasteiger partial charge on any atom is 0.511 e. The van der Waals surface area contributed by atoms with Crippen molar-refractivity contribution in [2.75, 3.05) is 20.1 Å². The summed E-state index contributed by atoms with van der Waals surface area (Å²) in [5.41, 5.74) is -0.641. The molecule has 15 heavy (non-hydrogen) atoms. The van der Waals surface area contributed by atoms with Crippen LogP contribution < -0.4 is 5.73 Å². The van der Waals surface area contributed by atoms with Crippen LogP contribution in [0.4, 0.5) is 13.2 Å². The van der Waals surface area contributed by atoms with Gasteiger partial charge in [-0.2, -0.15) is 17.5 Å². The molecule has 0 radical (unpaired) electrons. The van der Waals surface area contributed by atoms with Gasteiger partial charge in [0.1, 0.15) is 0 Å². The summed E-state index contributed by atoms with van der Waals surface area (Å²) >= 11 is 0. The van der Waals surface area contributed by atoms with Gasteiger partial charge in [-0.3, -0.25) is 0 Å². The molecule has 0 fully saturated rings. The van der Waals surface area contributed by atoms with Crippen LogP contribution in [0.15, 0.2) is 0 Å². The van der Waals surface area contributed by atoms with Crippen LogP contribution >= 0.6 is 0 Å². The van der Waals surface area contributed by atoms with E-state index in [2.05, 4.69) is 0 Å². The molecule has 0 aromatic carbocycles. The number of sulfonamides is 1. The first-order chi connectivity index (χ1) is 6.44. The third-order valence-electron chi connectivity index (χ3n) is 1.91. The maximum atomic E-state index is 12.1. The zero-order valence-corrected chi connectivity index (χ0v) is 9.61. The second kappa shape index (κ2) is 4.26. The lowest BCUT2D eigenvalue weighted by atomic mass is 9.94. The molecule has 8 heteroatoms. The maximum absolute atomic E-state index is 12.1. The fraction of sp³-hybridized carbons (Fsp3) is 1.00. The predicted molar refractivity (Wildman–Crippen MR) is 50.4 cm³/mol. The molecule has 0 unspecified atom stereocenters. The number of alkyl halides is 3. The Hall–Kier alpha value is -0.340. The third-order valence-corrected chi connectivity index (χ3v) is 3.44. The van der Waals surface area contributed by atoms with Crippen LogP contribution in [0.2, 0.25) is 0 Å². The highest BCUT2D eigenvalue weighted by molar-refractivity contribution is 7.89. The van der Waals surface area contributed by atoms with Crippen LogP contribution in [0.5, 0.6) is 0 Å². The largest absolute Gasteiger partial charge is 0.511 e. The van der Waals surface area contributed by atoms with Crippen LogP contribution in [0, 0.1) is 5.41 Å². The lowest BCUT2D eigenvalue weighted by Crippen LogP contribution is -2.44. The van der Waals surface area contributed by atoms with Crippen molar-refractivity contribution in [1.82, 2.24) is 4.31 Å². The second-order valence-electron chi connectivity index (χ2n) is 4.08. The molecule has 2 N–H and O–H groups in total. The highest BCUT2D eigenvalue weighted by atomic mass is 32.2. The van der Waals surface area contributed by atoms with Gasteiger partial charge in [-0.25, -0.2) is 8.42 Å². The molecule has 92 valence electrons. The molecular formula is C7H15F3N2O2S. The molecule has 0 aromatic heterocycles. The van der Waals surface area contributed by atoms with Gasteiger partial charge in [-0.15, -0.1) is 0 Å². The standard InChI is InChI=1S/C7H15F3N2O2S/c1-6(2,4-11)5-12(3)15(13,14)7(8,9)10/h4-5,11H2,1-3H3. The van der Waals surface area contributed by atoms with Crippen LogP contribution in [0.3, 0.4) is 0 Å². The molecule has 0 amide bonds. The fourth-order valence-corrected chi connectivity index (χ4v) is 1.80. The Morgan fingerprint density at radius 3 is 1.93 bits per heavy atom. The van der Waals surface area contributed by atoms with Gasteiger partial charge < -0.3 is 5.73 Å². The smallest absolute Gasteiger partial charge is 0.330 e. The van der Waals surface area contributed by atoms with E-state index >= 15 is 0 Å². The highest BCUT2D eigenvalue weighted by Gasteiger charge is 2.49. The van der Waals surface area contributed by atoms with E-state index in [0.29, 0.717) is 0 Å². The number of hydrogen-bond donors (Lipinski definition) is 1. The summed E-state index contributed by atoms with van der Waals surface area (Å²) in [7, 11) is -4.35. The molecule has 0 rings (SSSR count). The Labute approximate surface area is 87.3 Å². The minimum atomic E-state index is -5.26. The third kappa shape index (κ3) is 3.62. The van der Waals surface area contributed by atoms with Crippen molar-refractivity contribution in [1.29, 1.82) is 0 Å². The van der Waals surface area contributed by atoms with Gasteiger partial charge in [0.05, 0.1) is 0 Å². The van der Waals surface area contributed by atoms with Gasteiger partial charge in [0.25, 0.3) is 0 Å². The van der Waals surface area contributed by atoms with E-state index in [0.717, 1.165) is 7.05 Å². The van der Waals surface area contributed by atoms with Crippen molar-refractivity contribution in [2.24, 2.45) is 11.1 Å². The number of hydrogen-bond acceptors (Lipinski definition) is 3. The second-order valence-corrected chi connectivity index (χ2v) is 6.11. The Kier molecular flexibility index (Phi) is 4.17. The van der Waals surface area contributed by atoms with Crippen molar-refractivity contribution in [3.05, 3.63) is 0 Å². The summed E-state index contributed by atoms with van der Waals surface area (Å²) < 4.78 is 58.4. The van der Waals surface area contributed by atoms with Crippen LogP contribution in [0.25, 0.3) is 0 Å². The molecule has 0 heterocycles. The molecule has 0 saturated carbocycles. The highest BCUT2D eigenvalue weighted by Crippen LogP contribution is 2.28. The van der Waals surface area contributed by atoms with Crippen molar-refractivity contribution in [2.45, 2.75) is 19.4 Å². The monoisotopic (exact) mass is 248 g/mol. The average Bonchev–Trinajstić information content (AvgIpc) is 2.01. The average molecular weight is 248 g/mol. The predicted octanol–water partition coefficient (Wildman–Crippen LogP) is 0.753. The van der Waals surface area contributed by atoms with Crippen molar-refractivity contribution >= 4 is 10.0 Å². The zero-order chi connectivity index (χ0) is 12.5. The molecule has 0 aromatic rings. The summed E-state index contributed by atoms with van der Waals surface area (Å²) in [6.45, 7) is 3.01. The lowest BCUT2D eigenvalue weighted by molar-refractivity contribution is -0.0488. The van der Waals surface area contributed by atoms with Gasteiger partial charge >= 0.3 is 15.5 Å². The lowest BCUT2D eigenvalue weighted by Gasteiger charge is -2.28. The molecule has 4 nitrogen and oxygen atoms in total. The quantitative estimate of drug-likeness (QED) is 0.798. The van der Waals surface area contributed by atoms with Gasteiger partial charge in [-0.1, -0.05) is 13.8 Å². The fourth-order valence-electron chi connectivity index (χ4n) is 0.929. The Bertz CT molecular complexity index is 311. The molecule has 0 aliphatic heterocycles. The van der Waals surface area contributed by atoms with E-state index in [1.54, 1.807) is 13.8 Å². The molecule has 0 bridgehead atoms. The van der Waals surface area contributed by atoms with Crippen LogP contribution in [-0.4, -0.2) is 38.4 Å². The topological polar surface area (TPSA) is 63.4 Å². The first kappa shape index (κ1) is 14.7. The SMILES string of the molecule is CN(CC(C)(C)CN)S(=O)(=O)C(F)(F)F. The molecule has 0 atom stereocenters. The van der Waals surface area contributed by atoms with Crippen LogP contribution in [0.1, 0.15) is 13.8 Å². The first-order valence-corrected chi connectivity index (χ1v) is 5.61. The summed E-state index contributed by atoms with van der Waals surface area (Å²) in [5.74, 6) is 0. The molecule has 0 aliphatic carbocycles. The summed E-state index contributed by atoms with van der Waals surface area (Å²) in [6.07, 6.45) is 0. The number of halogens is 3. The number of nitrogens with two attached hydrogens (primary N) is 1. The van der Waals surface area contributed by atoms with Gasteiger partial charge in [0, 0.05) is 13.6 Å². The minimum absolute atomic E-state index is 0.102. The summed E-state index contributed by atoms with van der Waals surface area (Å²) in [5, 5.41) is 0. The van der Waals surface area contributed by atoms with E-state index in [1.165, 1.54) is 0 Å². The number of nitrogens with zero attached hydrogens (tertiary/aromatic N) is 1. The molecular weight excluding hydrogens is 233 g/mol. The van der Waals surface area contributed by atoms with Crippen molar-refractivity contribution in [3.63, 3.8) is 0 Å². The summed E-state index contributed by atoms with van der Waals surface area (Å²) in [4.78, 5) is 0. The zero-order valence-electron chi connectivity index (χ0n) is 8.80. The first-order valence-electron chi connectivity index (χ1n) is 4.17. The Balaban J connectivity index is 4.83. The van der Waals surface area contributed by atoms with Crippen molar-refractivity contribution in [3.8, 4) is 0 Å². The normalized spacial score (nSPS) is 14.7.